The van der Waals surface area contributed by atoms with Crippen LogP contribution in [0.25, 0.3) is 0 Å². The van der Waals surface area contributed by atoms with Gasteiger partial charge in [-0.15, -0.1) is 11.3 Å². The van der Waals surface area contributed by atoms with Gasteiger partial charge in [0.2, 0.25) is 0 Å². The van der Waals surface area contributed by atoms with Crippen LogP contribution in [0.4, 0.5) is 0 Å². The Balaban J connectivity index is 3.08. The zero-order valence-electron chi connectivity index (χ0n) is 6.68. The summed E-state index contributed by atoms with van der Waals surface area (Å²) in [6, 6.07) is 0. The van der Waals surface area contributed by atoms with Crippen LogP contribution in [-0.2, 0) is 5.60 Å². The minimum absolute atomic E-state index is 0.752. The van der Waals surface area contributed by atoms with Crippen LogP contribution in [0.1, 0.15) is 24.5 Å². The summed E-state index contributed by atoms with van der Waals surface area (Å²) in [4.78, 5) is 4.20. The SMILES string of the molecule is Cc1nc(C(C)(C)O)sc1Br. The number of thiazole rings is 1. The first-order chi connectivity index (χ1) is 4.91. The van der Waals surface area contributed by atoms with Crippen LogP contribution in [0.15, 0.2) is 3.79 Å². The molecule has 0 saturated carbocycles. The van der Waals surface area contributed by atoms with Gasteiger partial charge in [0.15, 0.2) is 0 Å². The Bertz CT molecular complexity index is 244. The molecule has 0 bridgehead atoms. The van der Waals surface area contributed by atoms with E-state index < -0.39 is 5.60 Å². The van der Waals surface area contributed by atoms with E-state index in [1.807, 2.05) is 6.92 Å². The highest BCUT2D eigenvalue weighted by Crippen LogP contribution is 2.30. The van der Waals surface area contributed by atoms with E-state index in [1.54, 1.807) is 13.8 Å². The first-order valence-electron chi connectivity index (χ1n) is 3.27. The van der Waals surface area contributed by atoms with Crippen molar-refractivity contribution in [3.8, 4) is 0 Å². The predicted octanol–water partition coefficient (Wildman–Crippen LogP) is 2.44. The van der Waals surface area contributed by atoms with Gasteiger partial charge in [-0.1, -0.05) is 0 Å². The summed E-state index contributed by atoms with van der Waals surface area (Å²) in [6.45, 7) is 5.38. The van der Waals surface area contributed by atoms with Crippen molar-refractivity contribution in [1.29, 1.82) is 0 Å². The van der Waals surface area contributed by atoms with Crippen molar-refractivity contribution in [2.45, 2.75) is 26.4 Å². The Hall–Kier alpha value is 0.0700. The van der Waals surface area contributed by atoms with E-state index in [4.69, 9.17) is 0 Å². The first-order valence-corrected chi connectivity index (χ1v) is 4.88. The summed E-state index contributed by atoms with van der Waals surface area (Å²) in [7, 11) is 0. The monoisotopic (exact) mass is 235 g/mol. The molecule has 4 heteroatoms. The molecule has 0 amide bonds. The number of hydrogen-bond donors (Lipinski definition) is 1. The number of aryl methyl sites for hydroxylation is 1. The highest BCUT2D eigenvalue weighted by molar-refractivity contribution is 9.11. The van der Waals surface area contributed by atoms with Gasteiger partial charge in [-0.2, -0.15) is 0 Å². The van der Waals surface area contributed by atoms with E-state index in [9.17, 15) is 5.11 Å². The second kappa shape index (κ2) is 2.84. The van der Waals surface area contributed by atoms with E-state index in [0.717, 1.165) is 14.5 Å². The molecule has 1 N–H and O–H groups in total. The number of halogens is 1. The Kier molecular flexibility index (Phi) is 2.37. The average molecular weight is 236 g/mol. The predicted molar refractivity (Wildman–Crippen MR) is 49.8 cm³/mol. The molecule has 11 heavy (non-hydrogen) atoms. The fraction of sp³-hybridized carbons (Fsp3) is 0.571. The lowest BCUT2D eigenvalue weighted by atomic mass is 10.2. The summed E-state index contributed by atoms with van der Waals surface area (Å²) in [5.41, 5.74) is 0.119. The van der Waals surface area contributed by atoms with Crippen LogP contribution in [0.5, 0.6) is 0 Å². The molecule has 1 rings (SSSR count). The van der Waals surface area contributed by atoms with Gasteiger partial charge in [0.05, 0.1) is 9.48 Å². The maximum Gasteiger partial charge on any atom is 0.125 e. The fourth-order valence-corrected chi connectivity index (χ4v) is 1.98. The van der Waals surface area contributed by atoms with E-state index in [2.05, 4.69) is 20.9 Å². The number of aromatic nitrogens is 1. The molecule has 0 spiro atoms. The van der Waals surface area contributed by atoms with E-state index in [0.29, 0.717) is 0 Å². The standard InChI is InChI=1S/C7H10BrNOS/c1-4-5(8)11-6(9-4)7(2,3)10/h10H,1-3H3. The molecule has 1 aromatic rings. The number of nitrogens with zero attached hydrogens (tertiary/aromatic N) is 1. The normalized spacial score (nSPS) is 12.1. The van der Waals surface area contributed by atoms with E-state index in [-0.39, 0.29) is 0 Å². The fourth-order valence-electron chi connectivity index (χ4n) is 0.640. The summed E-state index contributed by atoms with van der Waals surface area (Å²) < 4.78 is 0.995. The Morgan fingerprint density at radius 1 is 1.55 bits per heavy atom. The molecule has 0 unspecified atom stereocenters. The van der Waals surface area contributed by atoms with Gasteiger partial charge < -0.3 is 5.11 Å². The molecule has 62 valence electrons. The molecular formula is C7H10BrNOS. The van der Waals surface area contributed by atoms with Crippen LogP contribution >= 0.6 is 27.3 Å². The van der Waals surface area contributed by atoms with Crippen molar-refractivity contribution < 1.29 is 5.11 Å². The van der Waals surface area contributed by atoms with Gasteiger partial charge in [0.1, 0.15) is 10.6 Å². The largest absolute Gasteiger partial charge is 0.383 e. The van der Waals surface area contributed by atoms with Crippen LogP contribution in [-0.4, -0.2) is 10.1 Å². The molecule has 0 radical (unpaired) electrons. The summed E-state index contributed by atoms with van der Waals surface area (Å²) in [6.07, 6.45) is 0. The molecule has 0 saturated heterocycles. The summed E-state index contributed by atoms with van der Waals surface area (Å²) in [5.74, 6) is 0. The van der Waals surface area contributed by atoms with Gasteiger partial charge in [0, 0.05) is 0 Å². The average Bonchev–Trinajstić information content (AvgIpc) is 2.11. The van der Waals surface area contributed by atoms with Crippen molar-refractivity contribution >= 4 is 27.3 Å². The zero-order valence-corrected chi connectivity index (χ0v) is 9.08. The van der Waals surface area contributed by atoms with Crippen LogP contribution in [0.2, 0.25) is 0 Å². The highest BCUT2D eigenvalue weighted by atomic mass is 79.9. The third-order valence-electron chi connectivity index (χ3n) is 1.26. The molecular weight excluding hydrogens is 226 g/mol. The van der Waals surface area contributed by atoms with Gasteiger partial charge >= 0.3 is 0 Å². The van der Waals surface area contributed by atoms with Crippen molar-refractivity contribution in [3.05, 3.63) is 14.5 Å². The van der Waals surface area contributed by atoms with Crippen molar-refractivity contribution in [2.24, 2.45) is 0 Å². The van der Waals surface area contributed by atoms with E-state index >= 15 is 0 Å². The van der Waals surface area contributed by atoms with Crippen molar-refractivity contribution in [1.82, 2.24) is 4.98 Å². The lowest BCUT2D eigenvalue weighted by Crippen LogP contribution is -2.14. The number of hydrogen-bond acceptors (Lipinski definition) is 3. The number of rotatable bonds is 1. The second-order valence-corrected chi connectivity index (χ2v) is 5.25. The van der Waals surface area contributed by atoms with Gasteiger partial charge in [-0.25, -0.2) is 4.98 Å². The smallest absolute Gasteiger partial charge is 0.125 e. The van der Waals surface area contributed by atoms with Crippen LogP contribution in [0.3, 0.4) is 0 Å². The molecule has 0 fully saturated rings. The summed E-state index contributed by atoms with van der Waals surface area (Å²) >= 11 is 4.83. The maximum absolute atomic E-state index is 9.55. The third kappa shape index (κ3) is 2.01. The molecule has 1 heterocycles. The Labute approximate surface area is 78.4 Å². The lowest BCUT2D eigenvalue weighted by Gasteiger charge is -2.12. The molecule has 0 atom stereocenters. The third-order valence-corrected chi connectivity index (χ3v) is 3.58. The van der Waals surface area contributed by atoms with Crippen molar-refractivity contribution in [3.63, 3.8) is 0 Å². The van der Waals surface area contributed by atoms with Crippen molar-refractivity contribution in [2.75, 3.05) is 0 Å². The minimum atomic E-state index is -0.818. The zero-order chi connectivity index (χ0) is 8.65. The Morgan fingerprint density at radius 2 is 2.09 bits per heavy atom. The summed E-state index contributed by atoms with van der Waals surface area (Å²) in [5, 5.41) is 10.3. The molecule has 0 aliphatic rings. The first kappa shape index (κ1) is 9.16. The van der Waals surface area contributed by atoms with E-state index in [1.165, 1.54) is 11.3 Å². The maximum atomic E-state index is 9.55. The second-order valence-electron chi connectivity index (χ2n) is 2.94. The molecule has 1 aromatic heterocycles. The van der Waals surface area contributed by atoms with Gasteiger partial charge in [-0.05, 0) is 36.7 Å². The van der Waals surface area contributed by atoms with Crippen LogP contribution < -0.4 is 0 Å². The van der Waals surface area contributed by atoms with Crippen LogP contribution in [0, 0.1) is 6.92 Å². The Morgan fingerprint density at radius 3 is 2.27 bits per heavy atom. The highest BCUT2D eigenvalue weighted by Gasteiger charge is 2.21. The molecule has 0 aliphatic carbocycles. The minimum Gasteiger partial charge on any atom is -0.383 e. The van der Waals surface area contributed by atoms with Gasteiger partial charge in [0.25, 0.3) is 0 Å². The lowest BCUT2D eigenvalue weighted by molar-refractivity contribution is 0.0781. The van der Waals surface area contributed by atoms with Gasteiger partial charge in [-0.3, -0.25) is 0 Å². The molecule has 0 aliphatic heterocycles. The molecule has 0 aromatic carbocycles. The topological polar surface area (TPSA) is 33.1 Å². The molecule has 2 nitrogen and oxygen atoms in total. The number of aliphatic hydroxyl groups is 1. The quantitative estimate of drug-likeness (QED) is 0.812.